The molecular weight excluding hydrogens is 1040 g/mol. The van der Waals surface area contributed by atoms with Crippen LogP contribution in [0.25, 0.3) is 95.2 Å². The normalized spacial score (nSPS) is 10.4. The van der Waals surface area contributed by atoms with Gasteiger partial charge in [0.05, 0.1) is 0 Å². The van der Waals surface area contributed by atoms with Crippen molar-refractivity contribution < 1.29 is 18.9 Å². The molecule has 0 aliphatic heterocycles. The van der Waals surface area contributed by atoms with Crippen LogP contribution in [0.15, 0.2) is 315 Å². The van der Waals surface area contributed by atoms with Gasteiger partial charge in [0.15, 0.2) is 0 Å². The molecule has 0 atom stereocenters. The van der Waals surface area contributed by atoms with Gasteiger partial charge < -0.3 is 11.1 Å². The molecule has 0 heterocycles. The smallest absolute Gasteiger partial charge is 0.693 e. The molecule has 0 aromatic heterocycles. The molecule has 0 unspecified atom stereocenters. The van der Waals surface area contributed by atoms with Gasteiger partial charge in [-0.2, -0.15) is 0 Å². The van der Waals surface area contributed by atoms with Crippen LogP contribution >= 0.6 is 22.6 Å². The fourth-order valence-corrected chi connectivity index (χ4v) is 10.3. The maximum atomic E-state index is 2.45. The van der Waals surface area contributed by atoms with Crippen LogP contribution in [0, 0.1) is 3.57 Å². The summed E-state index contributed by atoms with van der Waals surface area (Å²) >= 11 is 2.38. The zero-order valence-corrected chi connectivity index (χ0v) is 44.6. The minimum Gasteiger partial charge on any atom is -0.693 e. The molecule has 2 N–H and O–H groups in total. The first kappa shape index (κ1) is 55.0. The third-order valence-electron chi connectivity index (χ3n) is 13.3. The van der Waals surface area contributed by atoms with Crippen LogP contribution < -0.4 is 23.8 Å². The van der Waals surface area contributed by atoms with Crippen molar-refractivity contribution >= 4 is 39.7 Å². The van der Waals surface area contributed by atoms with Gasteiger partial charge in [0, 0.05) is 20.6 Å². The largest absolute Gasteiger partial charge is 1.00 e. The quantitative estimate of drug-likeness (QED) is 0.0939. The van der Waals surface area contributed by atoms with Crippen molar-refractivity contribution in [3.63, 3.8) is 0 Å². The molecule has 0 saturated heterocycles. The minimum absolute atomic E-state index is 0. The van der Waals surface area contributed by atoms with E-state index in [1.807, 2.05) is 0 Å². The molecule has 2 nitrogen and oxygen atoms in total. The third-order valence-corrected chi connectivity index (χ3v) is 13.9. The van der Waals surface area contributed by atoms with Gasteiger partial charge in [-0.3, -0.25) is 0 Å². The van der Waals surface area contributed by atoms with Crippen LogP contribution in [0.1, 0.15) is 7.43 Å². The summed E-state index contributed by atoms with van der Waals surface area (Å²) in [4.78, 5) is 2.45. The van der Waals surface area contributed by atoms with Gasteiger partial charge >= 0.3 is 18.9 Å². The monoisotopic (exact) mass is 1100 g/mol. The first-order chi connectivity index (χ1) is 36.6. The molecule has 12 rings (SSSR count). The molecule has 0 radical (unpaired) electrons. The molecule has 0 spiro atoms. The molecule has 0 bridgehead atoms. The van der Waals surface area contributed by atoms with Crippen molar-refractivity contribution in [1.29, 1.82) is 0 Å². The van der Waals surface area contributed by atoms with E-state index in [1.165, 1.54) is 59.2 Å². The van der Waals surface area contributed by atoms with Gasteiger partial charge in [0.1, 0.15) is 0 Å². The Bertz CT molecular complexity index is 3220. The van der Waals surface area contributed by atoms with E-state index in [4.69, 9.17) is 0 Å². The number of halogens is 1. The summed E-state index contributed by atoms with van der Waals surface area (Å²) in [5.41, 5.74) is 22.3. The average molecular weight is 1100 g/mol. The number of anilines is 3. The third kappa shape index (κ3) is 13.4. The Morgan fingerprint density at radius 2 is 0.338 bits per heavy atom. The Morgan fingerprint density at radius 3 is 0.494 bits per heavy atom. The second-order valence-corrected chi connectivity index (χ2v) is 19.5. The van der Waals surface area contributed by atoms with Crippen LogP contribution in [0.4, 0.5) is 17.1 Å². The summed E-state index contributed by atoms with van der Waals surface area (Å²) in [6.45, 7) is 0. The predicted molar refractivity (Wildman–Crippen MR) is 336 cm³/mol. The summed E-state index contributed by atoms with van der Waals surface area (Å²) in [5, 5.41) is 0. The SMILES string of the molecule is C.Ic1cc(-c2ccccc2)cc(-c2ccccc2)c1.[Li+].[NH2-].c1ccc(-c2cc(-c3ccccc3)cc(N(c3cc(-c4ccccc4)cc(-c4ccccc4)c3)c3cc(-c4ccccc4)cc(-c4ccccc4)c3)c2)cc1. The summed E-state index contributed by atoms with van der Waals surface area (Å²) in [5.74, 6) is 0. The van der Waals surface area contributed by atoms with Gasteiger partial charge in [-0.15, -0.1) is 0 Å². The van der Waals surface area contributed by atoms with Crippen molar-refractivity contribution in [2.45, 2.75) is 7.43 Å². The van der Waals surface area contributed by atoms with E-state index < -0.39 is 0 Å². The molecule has 0 fully saturated rings. The molecular formula is C73H58ILiN2. The van der Waals surface area contributed by atoms with Gasteiger partial charge in [-0.05, 0) is 184 Å². The fraction of sp³-hybridized carbons (Fsp3) is 0.0137. The average Bonchev–Trinajstić information content (AvgIpc) is 3.51. The minimum atomic E-state index is 0. The molecule has 77 heavy (non-hydrogen) atoms. The zero-order chi connectivity index (χ0) is 49.9. The molecule has 4 heteroatoms. The molecule has 368 valence electrons. The van der Waals surface area contributed by atoms with Crippen molar-refractivity contribution in [3.05, 3.63) is 325 Å². The van der Waals surface area contributed by atoms with Crippen molar-refractivity contribution in [2.24, 2.45) is 0 Å². The molecule has 12 aromatic carbocycles. The Labute approximate surface area is 481 Å². The number of hydrogen-bond acceptors (Lipinski definition) is 1. The van der Waals surface area contributed by atoms with Crippen molar-refractivity contribution in [2.75, 3.05) is 4.90 Å². The first-order valence-electron chi connectivity index (χ1n) is 25.1. The Balaban J connectivity index is 0.000000301. The van der Waals surface area contributed by atoms with Gasteiger partial charge in [-0.1, -0.05) is 250 Å². The molecule has 0 aliphatic carbocycles. The van der Waals surface area contributed by atoms with E-state index >= 15 is 0 Å². The number of rotatable bonds is 11. The maximum Gasteiger partial charge on any atom is 1.00 e. The first-order valence-corrected chi connectivity index (χ1v) is 26.2. The number of hydrogen-bond donors (Lipinski definition) is 0. The summed E-state index contributed by atoms with van der Waals surface area (Å²) in [7, 11) is 0. The summed E-state index contributed by atoms with van der Waals surface area (Å²) in [6, 6.07) is 113. The van der Waals surface area contributed by atoms with Crippen molar-refractivity contribution in [3.8, 4) is 89.0 Å². The van der Waals surface area contributed by atoms with Gasteiger partial charge in [0.2, 0.25) is 0 Å². The number of nitrogens with zero attached hydrogens (tertiary/aromatic N) is 1. The van der Waals surface area contributed by atoms with E-state index in [2.05, 4.69) is 343 Å². The van der Waals surface area contributed by atoms with E-state index in [-0.39, 0.29) is 32.4 Å². The van der Waals surface area contributed by atoms with Crippen molar-refractivity contribution in [1.82, 2.24) is 0 Å². The zero-order valence-electron chi connectivity index (χ0n) is 42.4. The van der Waals surface area contributed by atoms with E-state index in [0.717, 1.165) is 50.4 Å². The Kier molecular flexibility index (Phi) is 18.9. The second kappa shape index (κ2) is 26.5. The van der Waals surface area contributed by atoms with E-state index in [9.17, 15) is 0 Å². The molecule has 12 aromatic rings. The number of benzene rings is 12. The Hall–Kier alpha value is -8.27. The van der Waals surface area contributed by atoms with Gasteiger partial charge in [-0.25, -0.2) is 0 Å². The van der Waals surface area contributed by atoms with E-state index in [1.54, 1.807) is 0 Å². The van der Waals surface area contributed by atoms with E-state index in [0.29, 0.717) is 0 Å². The topological polar surface area (TPSA) is 36.7 Å². The Morgan fingerprint density at radius 1 is 0.195 bits per heavy atom. The standard InChI is InChI=1S/C54H39N.C18H13I.CH4.Li.H2N/c1-7-19-40(20-8-1)46-31-47(41-21-9-2-10-22-41)35-52(34-46)55(53-36-48(42-23-11-3-12-24-42)32-49(37-53)43-25-13-4-14-26-43)54-38-50(44-27-15-5-16-28-44)33-51(39-54)45-29-17-6-18-30-45;19-18-12-16(14-7-3-1-4-8-14)11-17(13-18)15-9-5-2-6-10-15;;;/h1-39H;1-13H;1H4;;1H2/q;;;+1;-1. The van der Waals surface area contributed by atoms with Gasteiger partial charge in [0.25, 0.3) is 0 Å². The summed E-state index contributed by atoms with van der Waals surface area (Å²) in [6.07, 6.45) is 0. The van der Waals surface area contributed by atoms with Crippen LogP contribution in [0.5, 0.6) is 0 Å². The van der Waals surface area contributed by atoms with Crippen LogP contribution in [-0.4, -0.2) is 0 Å². The molecule has 0 saturated carbocycles. The summed E-state index contributed by atoms with van der Waals surface area (Å²) < 4.78 is 1.26. The van der Waals surface area contributed by atoms with Crippen LogP contribution in [-0.2, 0) is 0 Å². The molecule has 0 amide bonds. The van der Waals surface area contributed by atoms with Crippen LogP contribution in [0.2, 0.25) is 0 Å². The second-order valence-electron chi connectivity index (χ2n) is 18.3. The fourth-order valence-electron chi connectivity index (χ4n) is 9.64. The predicted octanol–water partition coefficient (Wildman–Crippen LogP) is 19.1. The molecule has 0 aliphatic rings. The maximum absolute atomic E-state index is 2.45. The van der Waals surface area contributed by atoms with Crippen LogP contribution in [0.3, 0.4) is 0 Å². The number of nitrogens with two attached hydrogens (primary N) is 1.